The molecule has 0 saturated heterocycles. The Labute approximate surface area is 121 Å². The highest BCUT2D eigenvalue weighted by Gasteiger charge is 2.41. The Balaban J connectivity index is 2.41. The first-order valence-electron chi connectivity index (χ1n) is 6.37. The lowest BCUT2D eigenvalue weighted by molar-refractivity contribution is 0.198. The highest BCUT2D eigenvalue weighted by atomic mass is 79.9. The number of rotatable bonds is 3. The van der Waals surface area contributed by atoms with Gasteiger partial charge in [-0.2, -0.15) is 0 Å². The van der Waals surface area contributed by atoms with E-state index in [1.54, 1.807) is 6.07 Å². The third kappa shape index (κ3) is 2.61. The van der Waals surface area contributed by atoms with Crippen molar-refractivity contribution in [2.45, 2.75) is 26.3 Å². The largest absolute Gasteiger partial charge is 0.370 e. The first kappa shape index (κ1) is 14.3. The summed E-state index contributed by atoms with van der Waals surface area (Å²) in [6.07, 6.45) is 0. The van der Waals surface area contributed by atoms with E-state index in [1.807, 2.05) is 17.9 Å². The fourth-order valence-electron chi connectivity index (χ4n) is 2.48. The summed E-state index contributed by atoms with van der Waals surface area (Å²) >= 11 is 3.28. The summed E-state index contributed by atoms with van der Waals surface area (Å²) in [6, 6.07) is 5.15. The predicted molar refractivity (Wildman–Crippen MR) is 79.5 cm³/mol. The Kier molecular flexibility index (Phi) is 3.85. The number of nitrogens with two attached hydrogens (primary N) is 1. The van der Waals surface area contributed by atoms with E-state index in [9.17, 15) is 4.39 Å². The summed E-state index contributed by atoms with van der Waals surface area (Å²) in [5, 5.41) is 0. The Morgan fingerprint density at radius 1 is 1.53 bits per heavy atom. The number of halogens is 2. The van der Waals surface area contributed by atoms with E-state index in [0.717, 1.165) is 11.0 Å². The molecule has 1 aromatic rings. The van der Waals surface area contributed by atoms with Gasteiger partial charge in [0.2, 0.25) is 0 Å². The monoisotopic (exact) mass is 327 g/mol. The van der Waals surface area contributed by atoms with Crippen molar-refractivity contribution in [3.63, 3.8) is 0 Å². The molecule has 2 rings (SSSR count). The average molecular weight is 328 g/mol. The summed E-state index contributed by atoms with van der Waals surface area (Å²) in [7, 11) is 0. The molecule has 0 radical (unpaired) electrons. The number of benzene rings is 1. The van der Waals surface area contributed by atoms with Gasteiger partial charge in [-0.25, -0.2) is 4.39 Å². The zero-order chi connectivity index (χ0) is 14.2. The van der Waals surface area contributed by atoms with Crippen LogP contribution >= 0.6 is 15.9 Å². The normalized spacial score (nSPS) is 23.1. The van der Waals surface area contributed by atoms with Gasteiger partial charge in [0.15, 0.2) is 5.96 Å². The highest BCUT2D eigenvalue weighted by molar-refractivity contribution is 9.10. The van der Waals surface area contributed by atoms with Crippen molar-refractivity contribution in [2.24, 2.45) is 16.6 Å². The predicted octanol–water partition coefficient (Wildman–Crippen LogP) is 3.09. The van der Waals surface area contributed by atoms with Crippen LogP contribution in [0.4, 0.5) is 4.39 Å². The van der Waals surface area contributed by atoms with Gasteiger partial charge in [-0.15, -0.1) is 0 Å². The molecule has 0 spiro atoms. The van der Waals surface area contributed by atoms with Crippen LogP contribution < -0.4 is 5.73 Å². The number of hydrogen-bond acceptors (Lipinski definition) is 3. The van der Waals surface area contributed by atoms with Gasteiger partial charge >= 0.3 is 0 Å². The third-order valence-electron chi connectivity index (χ3n) is 3.48. The van der Waals surface area contributed by atoms with Gasteiger partial charge in [-0.3, -0.25) is 4.99 Å². The first-order chi connectivity index (χ1) is 8.84. The fourth-order valence-corrected chi connectivity index (χ4v) is 2.81. The molecule has 0 aromatic heterocycles. The van der Waals surface area contributed by atoms with Crippen LogP contribution in [0.15, 0.2) is 27.7 Å². The molecule has 5 heteroatoms. The maximum atomic E-state index is 14.2. The lowest BCUT2D eigenvalue weighted by Gasteiger charge is -2.38. The molecule has 0 aliphatic carbocycles. The van der Waals surface area contributed by atoms with E-state index in [0.29, 0.717) is 24.0 Å². The van der Waals surface area contributed by atoms with Crippen molar-refractivity contribution >= 4 is 21.9 Å². The van der Waals surface area contributed by atoms with Crippen molar-refractivity contribution in [3.05, 3.63) is 34.1 Å². The standard InChI is InChI=1S/C14H19BrFN3/c1-9(2)7-19-13(17)18-8-14(19,3)11-5-4-10(15)6-12(11)16/h4-6,9H,7-8H2,1-3H3,(H2,17,18). The van der Waals surface area contributed by atoms with Gasteiger partial charge in [-0.05, 0) is 25.0 Å². The van der Waals surface area contributed by atoms with Crippen LogP contribution in [0, 0.1) is 11.7 Å². The molecule has 0 bridgehead atoms. The van der Waals surface area contributed by atoms with Crippen molar-refractivity contribution in [2.75, 3.05) is 13.1 Å². The van der Waals surface area contributed by atoms with Crippen molar-refractivity contribution in [1.29, 1.82) is 0 Å². The van der Waals surface area contributed by atoms with Gasteiger partial charge in [0, 0.05) is 16.6 Å². The Morgan fingerprint density at radius 3 is 2.79 bits per heavy atom. The molecule has 1 aliphatic heterocycles. The second-order valence-corrected chi connectivity index (χ2v) is 6.49. The van der Waals surface area contributed by atoms with Gasteiger partial charge in [-0.1, -0.05) is 35.8 Å². The number of aliphatic imine (C=N–C) groups is 1. The number of hydrogen-bond donors (Lipinski definition) is 1. The van der Waals surface area contributed by atoms with Gasteiger partial charge < -0.3 is 10.6 Å². The molecule has 1 aliphatic rings. The van der Waals surface area contributed by atoms with Gasteiger partial charge in [0.05, 0.1) is 12.1 Å². The molecule has 0 amide bonds. The summed E-state index contributed by atoms with van der Waals surface area (Å²) in [6.45, 7) is 7.48. The Morgan fingerprint density at radius 2 is 2.21 bits per heavy atom. The van der Waals surface area contributed by atoms with Crippen LogP contribution in [0.25, 0.3) is 0 Å². The topological polar surface area (TPSA) is 41.6 Å². The second kappa shape index (κ2) is 5.12. The summed E-state index contributed by atoms with van der Waals surface area (Å²) in [5.74, 6) is 0.707. The van der Waals surface area contributed by atoms with E-state index in [2.05, 4.69) is 34.8 Å². The van der Waals surface area contributed by atoms with Crippen LogP contribution in [-0.2, 0) is 5.54 Å². The zero-order valence-corrected chi connectivity index (χ0v) is 13.0. The fraction of sp³-hybridized carbons (Fsp3) is 0.500. The van der Waals surface area contributed by atoms with Crippen molar-refractivity contribution in [1.82, 2.24) is 4.90 Å². The quantitative estimate of drug-likeness (QED) is 0.926. The molecular weight excluding hydrogens is 309 g/mol. The molecule has 2 N–H and O–H groups in total. The van der Waals surface area contributed by atoms with Crippen LogP contribution in [0.5, 0.6) is 0 Å². The molecule has 0 saturated carbocycles. The van der Waals surface area contributed by atoms with Crippen LogP contribution in [-0.4, -0.2) is 23.9 Å². The maximum absolute atomic E-state index is 14.2. The SMILES string of the molecule is CC(C)CN1C(N)=NCC1(C)c1ccc(Br)cc1F. The molecule has 0 fully saturated rings. The van der Waals surface area contributed by atoms with Gasteiger partial charge in [0.1, 0.15) is 5.82 Å². The lowest BCUT2D eigenvalue weighted by atomic mass is 9.90. The van der Waals surface area contributed by atoms with Crippen LogP contribution in [0.1, 0.15) is 26.3 Å². The highest BCUT2D eigenvalue weighted by Crippen LogP contribution is 2.35. The van der Waals surface area contributed by atoms with Crippen LogP contribution in [0.3, 0.4) is 0 Å². The van der Waals surface area contributed by atoms with E-state index >= 15 is 0 Å². The Bertz CT molecular complexity index is 515. The zero-order valence-electron chi connectivity index (χ0n) is 11.5. The molecule has 3 nitrogen and oxygen atoms in total. The summed E-state index contributed by atoms with van der Waals surface area (Å²) in [5.41, 5.74) is 6.10. The summed E-state index contributed by atoms with van der Waals surface area (Å²) in [4.78, 5) is 6.31. The van der Waals surface area contributed by atoms with E-state index in [1.165, 1.54) is 6.07 Å². The van der Waals surface area contributed by atoms with Crippen LogP contribution in [0.2, 0.25) is 0 Å². The van der Waals surface area contributed by atoms with Crippen molar-refractivity contribution in [3.8, 4) is 0 Å². The lowest BCUT2D eigenvalue weighted by Crippen LogP contribution is -2.49. The second-order valence-electron chi connectivity index (χ2n) is 5.58. The average Bonchev–Trinajstić information content (AvgIpc) is 2.57. The molecule has 1 atom stereocenters. The minimum atomic E-state index is -0.501. The van der Waals surface area contributed by atoms with Gasteiger partial charge in [0.25, 0.3) is 0 Å². The van der Waals surface area contributed by atoms with E-state index in [4.69, 9.17) is 5.73 Å². The third-order valence-corrected chi connectivity index (χ3v) is 3.97. The number of nitrogens with zero attached hydrogens (tertiary/aromatic N) is 2. The molecule has 104 valence electrons. The number of guanidine groups is 1. The molecule has 1 aromatic carbocycles. The maximum Gasteiger partial charge on any atom is 0.192 e. The molecule has 1 unspecified atom stereocenters. The molecule has 19 heavy (non-hydrogen) atoms. The minimum Gasteiger partial charge on any atom is -0.370 e. The molecular formula is C14H19BrFN3. The van der Waals surface area contributed by atoms with Crippen molar-refractivity contribution < 1.29 is 4.39 Å². The first-order valence-corrected chi connectivity index (χ1v) is 7.17. The van der Waals surface area contributed by atoms with E-state index in [-0.39, 0.29) is 5.82 Å². The smallest absolute Gasteiger partial charge is 0.192 e. The Hall–Kier alpha value is -1.10. The molecule has 1 heterocycles. The van der Waals surface area contributed by atoms with E-state index < -0.39 is 5.54 Å². The summed E-state index contributed by atoms with van der Waals surface area (Å²) < 4.78 is 15.0. The minimum absolute atomic E-state index is 0.226.